The average Bonchev–Trinajstić information content (AvgIpc) is 3.04. The molecule has 3 aromatic rings. The second-order valence-corrected chi connectivity index (χ2v) is 5.77. The Hall–Kier alpha value is -2.76. The number of nitrogens with zero attached hydrogens (tertiary/aromatic N) is 6. The van der Waals surface area contributed by atoms with Crippen LogP contribution in [0.4, 0.5) is 17.6 Å². The minimum absolute atomic E-state index is 0.0462. The van der Waals surface area contributed by atoms with Crippen LogP contribution in [0.5, 0.6) is 5.75 Å². The maximum absolute atomic E-state index is 14.3. The molecule has 0 atom stereocenters. The van der Waals surface area contributed by atoms with E-state index in [0.29, 0.717) is 12.1 Å². The molecule has 136 valence electrons. The summed E-state index contributed by atoms with van der Waals surface area (Å²) in [5, 5.41) is 11.3. The molecule has 0 saturated carbocycles. The van der Waals surface area contributed by atoms with Gasteiger partial charge in [0.1, 0.15) is 17.1 Å². The van der Waals surface area contributed by atoms with Crippen molar-refractivity contribution in [2.24, 2.45) is 0 Å². The van der Waals surface area contributed by atoms with Crippen molar-refractivity contribution in [3.8, 4) is 11.4 Å². The third-order valence-corrected chi connectivity index (χ3v) is 4.02. The lowest BCUT2D eigenvalue weighted by Gasteiger charge is -2.09. The monoisotopic (exact) mass is 386 g/mol. The van der Waals surface area contributed by atoms with Crippen molar-refractivity contribution in [2.45, 2.75) is 29.9 Å². The maximum Gasteiger partial charge on any atom is 0.573 e. The Morgan fingerprint density at radius 1 is 1.15 bits per heavy atom. The summed E-state index contributed by atoms with van der Waals surface area (Å²) in [7, 11) is 0. The van der Waals surface area contributed by atoms with E-state index >= 15 is 0 Å². The molecule has 0 N–H and O–H groups in total. The number of aryl methyl sites for hydroxylation is 1. The molecule has 2 aromatic heterocycles. The van der Waals surface area contributed by atoms with Crippen LogP contribution in [0.25, 0.3) is 5.69 Å². The van der Waals surface area contributed by atoms with Crippen molar-refractivity contribution >= 4 is 11.8 Å². The zero-order valence-electron chi connectivity index (χ0n) is 13.1. The van der Waals surface area contributed by atoms with Gasteiger partial charge in [-0.15, -0.1) is 18.3 Å². The Kier molecular flexibility index (Phi) is 5.02. The fraction of sp³-hybridized carbons (Fsp3) is 0.214. The molecule has 12 heteroatoms. The number of hydrogen-bond acceptors (Lipinski definition) is 7. The summed E-state index contributed by atoms with van der Waals surface area (Å²) >= 11 is 0.876. The van der Waals surface area contributed by atoms with Gasteiger partial charge in [-0.3, -0.25) is 0 Å². The summed E-state index contributed by atoms with van der Waals surface area (Å²) in [4.78, 5) is 7.72. The lowest BCUT2D eigenvalue weighted by atomic mass is 10.3. The minimum Gasteiger partial charge on any atom is -0.406 e. The first-order valence-corrected chi connectivity index (χ1v) is 8.01. The van der Waals surface area contributed by atoms with Gasteiger partial charge in [-0.25, -0.2) is 14.4 Å². The van der Waals surface area contributed by atoms with Gasteiger partial charge in [0.15, 0.2) is 5.82 Å². The van der Waals surface area contributed by atoms with E-state index in [1.807, 2.05) is 0 Å². The molecule has 0 saturated heterocycles. The van der Waals surface area contributed by atoms with Crippen LogP contribution in [0.3, 0.4) is 0 Å². The number of tetrazole rings is 1. The highest BCUT2D eigenvalue weighted by atomic mass is 32.2. The van der Waals surface area contributed by atoms with Gasteiger partial charge in [0.05, 0.1) is 11.4 Å². The van der Waals surface area contributed by atoms with Crippen LogP contribution in [-0.2, 0) is 6.42 Å². The number of aromatic nitrogens is 6. The summed E-state index contributed by atoms with van der Waals surface area (Å²) in [6.45, 7) is 1.76. The van der Waals surface area contributed by atoms with Gasteiger partial charge in [0.2, 0.25) is 5.16 Å². The van der Waals surface area contributed by atoms with Gasteiger partial charge < -0.3 is 4.74 Å². The van der Waals surface area contributed by atoms with E-state index in [1.54, 1.807) is 6.92 Å². The summed E-state index contributed by atoms with van der Waals surface area (Å²) in [5.74, 6) is -0.943. The van der Waals surface area contributed by atoms with Crippen LogP contribution in [0.15, 0.2) is 40.8 Å². The van der Waals surface area contributed by atoms with E-state index < -0.39 is 12.2 Å². The fourth-order valence-electron chi connectivity index (χ4n) is 1.99. The van der Waals surface area contributed by atoms with Crippen molar-refractivity contribution in [2.75, 3.05) is 0 Å². The van der Waals surface area contributed by atoms with Gasteiger partial charge in [0, 0.05) is 0 Å². The number of rotatable bonds is 5. The molecule has 0 amide bonds. The van der Waals surface area contributed by atoms with Crippen LogP contribution in [0, 0.1) is 5.82 Å². The second-order valence-electron chi connectivity index (χ2n) is 4.81. The number of benzene rings is 1. The zero-order chi connectivity index (χ0) is 18.7. The molecule has 2 heterocycles. The Morgan fingerprint density at radius 2 is 1.88 bits per heavy atom. The molecular formula is C14H10F4N6OS. The standard InChI is InChI=1S/C14H10F4N6OS/c1-2-10-11(15)12(20-7-19-10)26-13-21-22-23-24(13)8-3-5-9(6-4-8)25-14(16,17)18/h3-7H,2H2,1H3. The van der Waals surface area contributed by atoms with Crippen LogP contribution in [0.1, 0.15) is 12.6 Å². The predicted molar refractivity (Wildman–Crippen MR) is 81.3 cm³/mol. The SMILES string of the molecule is CCc1ncnc(Sc2nnnn2-c2ccc(OC(F)(F)F)cc2)c1F. The molecule has 0 spiro atoms. The topological polar surface area (TPSA) is 78.6 Å². The second kappa shape index (κ2) is 7.23. The first-order valence-electron chi connectivity index (χ1n) is 7.19. The maximum atomic E-state index is 14.3. The van der Waals surface area contributed by atoms with E-state index in [4.69, 9.17) is 0 Å². The van der Waals surface area contributed by atoms with Crippen molar-refractivity contribution in [1.82, 2.24) is 30.2 Å². The Labute approximate surface area is 148 Å². The van der Waals surface area contributed by atoms with Gasteiger partial charge in [-0.05, 0) is 52.9 Å². The highest BCUT2D eigenvalue weighted by Crippen LogP contribution is 2.29. The van der Waals surface area contributed by atoms with Crippen LogP contribution >= 0.6 is 11.8 Å². The summed E-state index contributed by atoms with van der Waals surface area (Å²) < 4.78 is 55.9. The lowest BCUT2D eigenvalue weighted by Crippen LogP contribution is -2.17. The van der Waals surface area contributed by atoms with Crippen molar-refractivity contribution in [1.29, 1.82) is 0 Å². The summed E-state index contributed by atoms with van der Waals surface area (Å²) in [6.07, 6.45) is -3.14. The molecule has 0 fully saturated rings. The average molecular weight is 386 g/mol. The molecule has 26 heavy (non-hydrogen) atoms. The van der Waals surface area contributed by atoms with E-state index in [-0.39, 0.29) is 21.6 Å². The largest absolute Gasteiger partial charge is 0.573 e. The van der Waals surface area contributed by atoms with Gasteiger partial charge in [0.25, 0.3) is 0 Å². The van der Waals surface area contributed by atoms with Crippen LogP contribution < -0.4 is 4.74 Å². The van der Waals surface area contributed by atoms with Gasteiger partial charge >= 0.3 is 6.36 Å². The Morgan fingerprint density at radius 3 is 2.54 bits per heavy atom. The molecular weight excluding hydrogens is 376 g/mol. The number of ether oxygens (including phenoxy) is 1. The molecule has 0 radical (unpaired) electrons. The minimum atomic E-state index is -4.78. The Balaban J connectivity index is 1.85. The number of halogens is 4. The molecule has 0 aliphatic rings. The molecule has 0 aliphatic carbocycles. The van der Waals surface area contributed by atoms with Gasteiger partial charge in [-0.2, -0.15) is 4.68 Å². The number of hydrogen-bond donors (Lipinski definition) is 0. The van der Waals surface area contributed by atoms with E-state index in [9.17, 15) is 17.6 Å². The summed E-state index contributed by atoms with van der Waals surface area (Å²) in [5.41, 5.74) is 0.632. The van der Waals surface area contributed by atoms with Crippen molar-refractivity contribution in [3.05, 3.63) is 42.1 Å². The molecule has 1 aromatic carbocycles. The smallest absolute Gasteiger partial charge is 0.406 e. The summed E-state index contributed by atoms with van der Waals surface area (Å²) in [6, 6.07) is 4.93. The molecule has 0 unspecified atom stereocenters. The number of alkyl halides is 3. The predicted octanol–water partition coefficient (Wildman–Crippen LogP) is 3.20. The fourth-order valence-corrected chi connectivity index (χ4v) is 2.77. The highest BCUT2D eigenvalue weighted by molar-refractivity contribution is 7.99. The molecule has 0 aliphatic heterocycles. The van der Waals surface area contributed by atoms with E-state index in [2.05, 4.69) is 30.2 Å². The van der Waals surface area contributed by atoms with Crippen molar-refractivity contribution in [3.63, 3.8) is 0 Å². The molecule has 7 nitrogen and oxygen atoms in total. The third-order valence-electron chi connectivity index (χ3n) is 3.11. The lowest BCUT2D eigenvalue weighted by molar-refractivity contribution is -0.274. The molecule has 0 bridgehead atoms. The zero-order valence-corrected chi connectivity index (χ0v) is 13.9. The Bertz CT molecular complexity index is 899. The molecule has 3 rings (SSSR count). The normalized spacial score (nSPS) is 11.6. The van der Waals surface area contributed by atoms with Gasteiger partial charge in [-0.1, -0.05) is 6.92 Å². The first-order chi connectivity index (χ1) is 12.4. The van der Waals surface area contributed by atoms with E-state index in [0.717, 1.165) is 23.9 Å². The first kappa shape index (κ1) is 18.0. The highest BCUT2D eigenvalue weighted by Gasteiger charge is 2.31. The third kappa shape index (κ3) is 4.07. The van der Waals surface area contributed by atoms with Crippen molar-refractivity contribution < 1.29 is 22.3 Å². The van der Waals surface area contributed by atoms with E-state index in [1.165, 1.54) is 23.1 Å². The van der Waals surface area contributed by atoms with Crippen LogP contribution in [0.2, 0.25) is 0 Å². The van der Waals surface area contributed by atoms with Crippen LogP contribution in [-0.4, -0.2) is 36.5 Å². The quantitative estimate of drug-likeness (QED) is 0.492.